The molecule has 0 saturated heterocycles. The number of hydrogen-bond donors (Lipinski definition) is 0. The van der Waals surface area contributed by atoms with Crippen molar-refractivity contribution < 1.29 is 19.1 Å². The van der Waals surface area contributed by atoms with Gasteiger partial charge in [-0.05, 0) is 49.9 Å². The maximum Gasteiger partial charge on any atom is 0.308 e. The minimum atomic E-state index is -0.397. The van der Waals surface area contributed by atoms with Crippen LogP contribution in [-0.4, -0.2) is 25.2 Å². The van der Waals surface area contributed by atoms with Gasteiger partial charge in [-0.25, -0.2) is 0 Å². The third kappa shape index (κ3) is 5.60. The van der Waals surface area contributed by atoms with Gasteiger partial charge in [0.2, 0.25) is 0 Å². The number of hydrogen-bond acceptors (Lipinski definition) is 6. The molecule has 6 nitrogen and oxygen atoms in total. The summed E-state index contributed by atoms with van der Waals surface area (Å²) in [6.07, 6.45) is 0.730. The molecule has 1 aromatic rings. The first-order valence-electron chi connectivity index (χ1n) is 8.67. The van der Waals surface area contributed by atoms with Crippen LogP contribution in [0.4, 0.5) is 0 Å². The minimum Gasteiger partial charge on any atom is -0.466 e. The number of benzene rings is 1. The van der Waals surface area contributed by atoms with Crippen molar-refractivity contribution in [1.29, 1.82) is 10.5 Å². The number of nitriles is 2. The van der Waals surface area contributed by atoms with E-state index < -0.39 is 11.8 Å². The summed E-state index contributed by atoms with van der Waals surface area (Å²) in [5.41, 5.74) is 2.03. The third-order valence-corrected chi connectivity index (χ3v) is 4.01. The predicted molar refractivity (Wildman–Crippen MR) is 94.9 cm³/mol. The molecule has 0 N–H and O–H groups in total. The zero-order chi connectivity index (χ0) is 19.7. The second kappa shape index (κ2) is 10.2. The first-order chi connectivity index (χ1) is 12.4. The molecular weight excluding hydrogens is 332 g/mol. The Kier molecular flexibility index (Phi) is 8.31. The highest BCUT2D eigenvalue weighted by Gasteiger charge is 2.21. The molecule has 0 bridgehead atoms. The van der Waals surface area contributed by atoms with Crippen LogP contribution < -0.4 is 0 Å². The Hall–Kier alpha value is -2.86. The first kappa shape index (κ1) is 21.2. The lowest BCUT2D eigenvalue weighted by Gasteiger charge is -2.17. The van der Waals surface area contributed by atoms with Crippen LogP contribution in [0, 0.1) is 34.5 Å². The highest BCUT2D eigenvalue weighted by molar-refractivity contribution is 5.73. The van der Waals surface area contributed by atoms with Crippen LogP contribution in [0.1, 0.15) is 49.9 Å². The van der Waals surface area contributed by atoms with Gasteiger partial charge < -0.3 is 9.47 Å². The molecule has 0 fully saturated rings. The Morgan fingerprint density at radius 2 is 1.23 bits per heavy atom. The minimum absolute atomic E-state index is 0.256. The number of carbonyl (C=O) groups excluding carboxylic acids is 2. The van der Waals surface area contributed by atoms with Crippen molar-refractivity contribution in [3.8, 4) is 12.1 Å². The third-order valence-electron chi connectivity index (χ3n) is 4.01. The fourth-order valence-electron chi connectivity index (χ4n) is 2.65. The predicted octanol–water partition coefficient (Wildman–Crippen LogP) is 2.91. The molecule has 26 heavy (non-hydrogen) atoms. The van der Waals surface area contributed by atoms with E-state index in [0.29, 0.717) is 26.1 Å². The second-order valence-corrected chi connectivity index (χ2v) is 6.10. The summed E-state index contributed by atoms with van der Waals surface area (Å²) in [5, 5.41) is 18.5. The lowest BCUT2D eigenvalue weighted by atomic mass is 9.88. The quantitative estimate of drug-likeness (QED) is 0.664. The van der Waals surface area contributed by atoms with Crippen molar-refractivity contribution in [3.05, 3.63) is 34.4 Å². The van der Waals surface area contributed by atoms with Gasteiger partial charge in [0, 0.05) is 0 Å². The van der Waals surface area contributed by atoms with Crippen LogP contribution in [0.3, 0.4) is 0 Å². The molecule has 6 heteroatoms. The maximum absolute atomic E-state index is 11.9. The van der Waals surface area contributed by atoms with E-state index in [-0.39, 0.29) is 23.1 Å². The normalized spacial score (nSPS) is 12.4. The molecule has 0 aliphatic rings. The molecule has 1 rings (SSSR count). The lowest BCUT2D eigenvalue weighted by Crippen LogP contribution is -2.20. The molecule has 0 aromatic heterocycles. The van der Waals surface area contributed by atoms with Crippen molar-refractivity contribution in [2.75, 3.05) is 13.2 Å². The lowest BCUT2D eigenvalue weighted by molar-refractivity contribution is -0.148. The molecule has 0 saturated carbocycles. The smallest absolute Gasteiger partial charge is 0.308 e. The Balaban J connectivity index is 3.20. The van der Waals surface area contributed by atoms with Crippen LogP contribution >= 0.6 is 0 Å². The van der Waals surface area contributed by atoms with Crippen molar-refractivity contribution in [2.45, 2.75) is 40.5 Å². The molecule has 0 amide bonds. The van der Waals surface area contributed by atoms with Crippen LogP contribution in [0.15, 0.2) is 12.1 Å². The Morgan fingerprint density at radius 1 is 0.885 bits per heavy atom. The van der Waals surface area contributed by atoms with Gasteiger partial charge in [-0.2, -0.15) is 10.5 Å². The van der Waals surface area contributed by atoms with Crippen LogP contribution in [0.5, 0.6) is 0 Å². The van der Waals surface area contributed by atoms with E-state index in [1.165, 1.54) is 0 Å². The first-order valence-corrected chi connectivity index (χ1v) is 8.67. The van der Waals surface area contributed by atoms with E-state index >= 15 is 0 Å². The summed E-state index contributed by atoms with van der Waals surface area (Å²) < 4.78 is 10.1. The monoisotopic (exact) mass is 356 g/mol. The molecule has 0 aliphatic carbocycles. The largest absolute Gasteiger partial charge is 0.466 e. The van der Waals surface area contributed by atoms with Crippen LogP contribution in [0.2, 0.25) is 0 Å². The summed E-state index contributed by atoms with van der Waals surface area (Å²) in [6, 6.07) is 7.27. The zero-order valence-corrected chi connectivity index (χ0v) is 15.7. The summed E-state index contributed by atoms with van der Waals surface area (Å²) in [5.74, 6) is -1.43. The van der Waals surface area contributed by atoms with Crippen molar-refractivity contribution >= 4 is 11.9 Å². The van der Waals surface area contributed by atoms with Crippen molar-refractivity contribution in [2.24, 2.45) is 11.8 Å². The van der Waals surface area contributed by atoms with Gasteiger partial charge in [-0.15, -0.1) is 0 Å². The van der Waals surface area contributed by atoms with Crippen LogP contribution in [0.25, 0.3) is 0 Å². The van der Waals surface area contributed by atoms with E-state index in [0.717, 1.165) is 11.1 Å². The van der Waals surface area contributed by atoms with Crippen molar-refractivity contribution in [1.82, 2.24) is 0 Å². The molecule has 2 unspecified atom stereocenters. The summed E-state index contributed by atoms with van der Waals surface area (Å²) >= 11 is 0. The fraction of sp³-hybridized carbons (Fsp3) is 0.500. The zero-order valence-electron chi connectivity index (χ0n) is 15.7. The topological polar surface area (TPSA) is 100 Å². The summed E-state index contributed by atoms with van der Waals surface area (Å²) in [4.78, 5) is 23.9. The highest BCUT2D eigenvalue weighted by Crippen LogP contribution is 2.23. The van der Waals surface area contributed by atoms with Gasteiger partial charge in [0.1, 0.15) is 12.1 Å². The van der Waals surface area contributed by atoms with Gasteiger partial charge >= 0.3 is 11.9 Å². The van der Waals surface area contributed by atoms with Gasteiger partial charge in [-0.1, -0.05) is 13.8 Å². The summed E-state index contributed by atoms with van der Waals surface area (Å²) in [7, 11) is 0. The molecule has 0 spiro atoms. The van der Waals surface area contributed by atoms with E-state index in [9.17, 15) is 20.1 Å². The number of esters is 2. The molecular formula is C20H24N2O4. The maximum atomic E-state index is 11.9. The fourth-order valence-corrected chi connectivity index (χ4v) is 2.65. The van der Waals surface area contributed by atoms with Gasteiger partial charge in [0.25, 0.3) is 0 Å². The van der Waals surface area contributed by atoms with E-state index in [4.69, 9.17) is 9.47 Å². The molecule has 1 aromatic carbocycles. The van der Waals surface area contributed by atoms with E-state index in [2.05, 4.69) is 0 Å². The molecule has 138 valence electrons. The Morgan fingerprint density at radius 3 is 1.50 bits per heavy atom. The molecule has 0 radical (unpaired) electrons. The molecule has 0 heterocycles. The second-order valence-electron chi connectivity index (χ2n) is 6.10. The van der Waals surface area contributed by atoms with E-state index in [1.54, 1.807) is 39.8 Å². The van der Waals surface area contributed by atoms with Crippen molar-refractivity contribution in [3.63, 3.8) is 0 Å². The number of ether oxygens (including phenoxy) is 2. The standard InChI is InChI=1S/C20H24N2O4/c1-5-25-19(23)13(3)7-15-9-17(11-21)18(12-22)10-16(15)8-14(4)20(24)26-6-2/h9-10,13-14H,5-8H2,1-4H3. The highest BCUT2D eigenvalue weighted by atomic mass is 16.5. The van der Waals surface area contributed by atoms with Gasteiger partial charge in [-0.3, -0.25) is 9.59 Å². The molecule has 2 atom stereocenters. The van der Waals surface area contributed by atoms with Gasteiger partial charge in [0.05, 0.1) is 36.2 Å². The number of nitrogens with zero attached hydrogens (tertiary/aromatic N) is 2. The molecule has 0 aliphatic heterocycles. The average Bonchev–Trinajstić information content (AvgIpc) is 2.62. The van der Waals surface area contributed by atoms with E-state index in [1.807, 2.05) is 12.1 Å². The Labute approximate surface area is 154 Å². The number of carbonyl (C=O) groups is 2. The summed E-state index contributed by atoms with van der Waals surface area (Å²) in [6.45, 7) is 7.58. The Bertz CT molecular complexity index is 680. The SMILES string of the molecule is CCOC(=O)C(C)Cc1cc(C#N)c(C#N)cc1CC(C)C(=O)OCC. The average molecular weight is 356 g/mol. The number of rotatable bonds is 8. The van der Waals surface area contributed by atoms with Gasteiger partial charge in [0.15, 0.2) is 0 Å². The van der Waals surface area contributed by atoms with Crippen LogP contribution in [-0.2, 0) is 31.9 Å².